The summed E-state index contributed by atoms with van der Waals surface area (Å²) in [6.45, 7) is 14.0. The van der Waals surface area contributed by atoms with Gasteiger partial charge in [-0.05, 0) is 39.3 Å². The van der Waals surface area contributed by atoms with Crippen LogP contribution in [-0.2, 0) is 23.4 Å². The van der Waals surface area contributed by atoms with Gasteiger partial charge in [-0.2, -0.15) is 0 Å². The summed E-state index contributed by atoms with van der Waals surface area (Å²) in [5.41, 5.74) is -0.902. The molecule has 25 heavy (non-hydrogen) atoms. The quantitative estimate of drug-likeness (QED) is 0.217. The minimum atomic E-state index is -2.39. The average molecular weight is 379 g/mol. The van der Waals surface area contributed by atoms with Crippen molar-refractivity contribution in [3.63, 3.8) is 0 Å². The van der Waals surface area contributed by atoms with E-state index in [0.717, 1.165) is 38.5 Å². The van der Waals surface area contributed by atoms with Crippen LogP contribution in [0, 0.1) is 0 Å². The van der Waals surface area contributed by atoms with E-state index in [0.29, 0.717) is 13.2 Å². The molecule has 5 nitrogen and oxygen atoms in total. The summed E-state index contributed by atoms with van der Waals surface area (Å²) in [7, 11) is 1.04. The van der Waals surface area contributed by atoms with Crippen molar-refractivity contribution < 1.29 is 23.4 Å². The van der Waals surface area contributed by atoms with Crippen LogP contribution in [0.5, 0.6) is 0 Å². The second-order valence-corrected chi connectivity index (χ2v) is 11.1. The topological polar surface area (TPSA) is 46.2 Å². The van der Waals surface area contributed by atoms with E-state index in [1.807, 2.05) is 6.92 Å². The van der Waals surface area contributed by atoms with Crippen LogP contribution >= 0.6 is 0 Å². The van der Waals surface area contributed by atoms with Gasteiger partial charge >= 0.3 is 0 Å². The van der Waals surface area contributed by atoms with Crippen LogP contribution in [0.25, 0.3) is 0 Å². The van der Waals surface area contributed by atoms with E-state index in [2.05, 4.69) is 33.9 Å². The van der Waals surface area contributed by atoms with Crippen LogP contribution in [0.4, 0.5) is 0 Å². The van der Waals surface area contributed by atoms with Crippen molar-refractivity contribution in [3.05, 3.63) is 0 Å². The van der Waals surface area contributed by atoms with Crippen molar-refractivity contribution in [2.24, 2.45) is 0 Å². The Morgan fingerprint density at radius 1 is 0.920 bits per heavy atom. The molecule has 0 bridgehead atoms. The standard InChI is InChI=1S/C19H42O5Si/c1-9-12-15-22-17(4)19(23-16-13-10-2,25(7,8)21-6)24-18(20-5)14-11-3/h17-18H,9-16H2,1-8H3. The Kier molecular flexibility index (Phi) is 13.2. The largest absolute Gasteiger partial charge is 0.414 e. The third-order valence-corrected chi connectivity index (χ3v) is 8.03. The number of hydrogen-bond donors (Lipinski definition) is 0. The third-order valence-electron chi connectivity index (χ3n) is 4.66. The second kappa shape index (κ2) is 13.2. The van der Waals surface area contributed by atoms with Gasteiger partial charge < -0.3 is 23.4 Å². The molecule has 0 spiro atoms. The number of hydrogen-bond acceptors (Lipinski definition) is 5. The molecule has 0 radical (unpaired) electrons. The average Bonchev–Trinajstić information content (AvgIpc) is 2.60. The van der Waals surface area contributed by atoms with Crippen molar-refractivity contribution in [1.82, 2.24) is 0 Å². The highest BCUT2D eigenvalue weighted by molar-refractivity contribution is 6.73. The summed E-state index contributed by atoms with van der Waals surface area (Å²) >= 11 is 0. The lowest BCUT2D eigenvalue weighted by Crippen LogP contribution is -2.67. The van der Waals surface area contributed by atoms with E-state index < -0.39 is 13.7 Å². The van der Waals surface area contributed by atoms with E-state index in [1.54, 1.807) is 14.2 Å². The number of methoxy groups -OCH3 is 1. The Bertz CT molecular complexity index is 327. The number of unbranched alkanes of at least 4 members (excludes halogenated alkanes) is 2. The summed E-state index contributed by atoms with van der Waals surface area (Å²) < 4.78 is 30.6. The van der Waals surface area contributed by atoms with Gasteiger partial charge in [0.1, 0.15) is 6.10 Å². The Morgan fingerprint density at radius 3 is 2.00 bits per heavy atom. The third kappa shape index (κ3) is 7.65. The first-order valence-corrected chi connectivity index (χ1v) is 12.8. The van der Waals surface area contributed by atoms with Gasteiger partial charge in [0.15, 0.2) is 6.29 Å². The first-order valence-electron chi connectivity index (χ1n) is 9.86. The van der Waals surface area contributed by atoms with Gasteiger partial charge in [-0.25, -0.2) is 0 Å². The maximum absolute atomic E-state index is 6.49. The van der Waals surface area contributed by atoms with Gasteiger partial charge in [-0.15, -0.1) is 0 Å². The van der Waals surface area contributed by atoms with Crippen LogP contribution in [0.3, 0.4) is 0 Å². The highest BCUT2D eigenvalue weighted by Gasteiger charge is 2.56. The zero-order chi connectivity index (χ0) is 19.3. The summed E-state index contributed by atoms with van der Waals surface area (Å²) in [5, 5.41) is 0. The van der Waals surface area contributed by atoms with Crippen LogP contribution in [-0.4, -0.2) is 53.6 Å². The fourth-order valence-electron chi connectivity index (χ4n) is 2.73. The predicted octanol–water partition coefficient (Wildman–Crippen LogP) is 4.88. The smallest absolute Gasteiger partial charge is 0.254 e. The van der Waals surface area contributed by atoms with E-state index >= 15 is 0 Å². The molecule has 0 aliphatic heterocycles. The van der Waals surface area contributed by atoms with E-state index in [1.165, 1.54) is 0 Å². The van der Waals surface area contributed by atoms with Crippen molar-refractivity contribution in [3.8, 4) is 0 Å². The molecule has 152 valence electrons. The molecule has 0 heterocycles. The summed E-state index contributed by atoms with van der Waals surface area (Å²) in [4.78, 5) is 0. The van der Waals surface area contributed by atoms with Crippen molar-refractivity contribution in [2.75, 3.05) is 27.4 Å². The SMILES string of the molecule is CCCCOC(C)C(OCCCC)(OC(CCC)OC)[Si](C)(C)OC. The molecule has 0 aliphatic rings. The number of rotatable bonds is 16. The van der Waals surface area contributed by atoms with E-state index in [9.17, 15) is 0 Å². The summed E-state index contributed by atoms with van der Waals surface area (Å²) in [6.07, 6.45) is 5.39. The van der Waals surface area contributed by atoms with Gasteiger partial charge in [-0.1, -0.05) is 40.0 Å². The predicted molar refractivity (Wildman–Crippen MR) is 105 cm³/mol. The molecule has 0 saturated carbocycles. The minimum Gasteiger partial charge on any atom is -0.414 e. The fourth-order valence-corrected chi connectivity index (χ4v) is 4.94. The molecule has 0 saturated heterocycles. The highest BCUT2D eigenvalue weighted by atomic mass is 28.4. The molecular formula is C19H42O5Si. The van der Waals surface area contributed by atoms with Crippen LogP contribution in [0.1, 0.15) is 66.2 Å². The second-order valence-electron chi connectivity index (χ2n) is 7.02. The molecule has 0 aromatic carbocycles. The van der Waals surface area contributed by atoms with Gasteiger partial charge in [-0.3, -0.25) is 0 Å². The van der Waals surface area contributed by atoms with Gasteiger partial charge in [0.2, 0.25) is 5.41 Å². The Balaban J connectivity index is 5.60. The molecule has 0 aliphatic carbocycles. The molecule has 0 aromatic rings. The zero-order valence-electron chi connectivity index (χ0n) is 17.9. The van der Waals surface area contributed by atoms with Crippen LogP contribution in [0.2, 0.25) is 13.1 Å². The van der Waals surface area contributed by atoms with Crippen molar-refractivity contribution in [1.29, 1.82) is 0 Å². The zero-order valence-corrected chi connectivity index (χ0v) is 18.9. The monoisotopic (exact) mass is 378 g/mol. The van der Waals surface area contributed by atoms with Gasteiger partial charge in [0.25, 0.3) is 8.32 Å². The minimum absolute atomic E-state index is 0.230. The van der Waals surface area contributed by atoms with Crippen LogP contribution < -0.4 is 0 Å². The Morgan fingerprint density at radius 2 is 1.52 bits per heavy atom. The maximum Gasteiger partial charge on any atom is 0.254 e. The molecule has 0 N–H and O–H groups in total. The summed E-state index contributed by atoms with van der Waals surface area (Å²) in [6, 6.07) is 0. The Labute approximate surface area is 156 Å². The highest BCUT2D eigenvalue weighted by Crippen LogP contribution is 2.35. The molecule has 6 heteroatoms. The maximum atomic E-state index is 6.49. The number of ether oxygens (including phenoxy) is 4. The summed E-state index contributed by atoms with van der Waals surface area (Å²) in [5.74, 6) is 0. The first-order chi connectivity index (χ1) is 11.8. The lowest BCUT2D eigenvalue weighted by molar-refractivity contribution is -0.309. The Hall–Kier alpha value is 0.0169. The molecule has 0 fully saturated rings. The molecule has 0 aromatic heterocycles. The molecular weight excluding hydrogens is 336 g/mol. The van der Waals surface area contributed by atoms with Gasteiger partial charge in [0.05, 0.1) is 0 Å². The van der Waals surface area contributed by atoms with Crippen LogP contribution in [0.15, 0.2) is 0 Å². The van der Waals surface area contributed by atoms with Crippen molar-refractivity contribution >= 4 is 8.32 Å². The molecule has 3 unspecified atom stereocenters. The molecule has 0 amide bonds. The van der Waals surface area contributed by atoms with E-state index in [4.69, 9.17) is 23.4 Å². The lowest BCUT2D eigenvalue weighted by atomic mass is 10.3. The normalized spacial score (nSPS) is 17.3. The lowest BCUT2D eigenvalue weighted by Gasteiger charge is -2.47. The first kappa shape index (κ1) is 25.0. The molecule has 3 atom stereocenters. The fraction of sp³-hybridized carbons (Fsp3) is 1.00. The molecule has 0 rings (SSSR count). The van der Waals surface area contributed by atoms with E-state index in [-0.39, 0.29) is 12.4 Å². The van der Waals surface area contributed by atoms with Gasteiger partial charge in [0, 0.05) is 27.4 Å². The van der Waals surface area contributed by atoms with Crippen molar-refractivity contribution in [2.45, 2.75) is 97.1 Å².